The van der Waals surface area contributed by atoms with E-state index < -0.39 is 6.09 Å². The molecule has 3 rings (SSSR count). The number of benzene rings is 2. The average molecular weight is 410 g/mol. The summed E-state index contributed by atoms with van der Waals surface area (Å²) in [5.41, 5.74) is 2.50. The van der Waals surface area contributed by atoms with E-state index in [-0.39, 0.29) is 6.10 Å². The lowest BCUT2D eigenvalue weighted by Gasteiger charge is -2.10. The number of amides is 1. The van der Waals surface area contributed by atoms with Crippen LogP contribution in [0.15, 0.2) is 59.0 Å². The van der Waals surface area contributed by atoms with Gasteiger partial charge in [-0.1, -0.05) is 30.3 Å². The predicted molar refractivity (Wildman–Crippen MR) is 113 cm³/mol. The summed E-state index contributed by atoms with van der Waals surface area (Å²) >= 11 is 0. The Bertz CT molecular complexity index is 953. The lowest BCUT2D eigenvalue weighted by Crippen LogP contribution is -2.26. The molecule has 2 aromatic carbocycles. The number of hydrogen-bond acceptors (Lipinski definition) is 6. The van der Waals surface area contributed by atoms with Crippen LogP contribution in [0.25, 0.3) is 11.5 Å². The first-order valence-corrected chi connectivity index (χ1v) is 9.80. The van der Waals surface area contributed by atoms with E-state index in [4.69, 9.17) is 18.6 Å². The third-order valence-corrected chi connectivity index (χ3v) is 4.15. The molecule has 30 heavy (non-hydrogen) atoms. The van der Waals surface area contributed by atoms with Crippen molar-refractivity contribution in [2.75, 3.05) is 13.7 Å². The molecule has 0 spiro atoms. The summed E-state index contributed by atoms with van der Waals surface area (Å²) in [5, 5.41) is 2.72. The van der Waals surface area contributed by atoms with Crippen LogP contribution in [0.4, 0.5) is 4.79 Å². The SMILES string of the molecule is COc1oc(-c2ccccc2)nc1CCOc1cccc(CNC(=O)OC(C)C)c1. The van der Waals surface area contributed by atoms with E-state index in [1.807, 2.05) is 54.6 Å². The van der Waals surface area contributed by atoms with E-state index in [1.165, 1.54) is 0 Å². The fraction of sp³-hybridized carbons (Fsp3) is 0.304. The van der Waals surface area contributed by atoms with Crippen LogP contribution >= 0.6 is 0 Å². The quantitative estimate of drug-likeness (QED) is 0.555. The standard InChI is InChI=1S/C23H26N2O5/c1-16(2)29-23(26)24-15-17-8-7-11-19(14-17)28-13-12-20-22(27-3)30-21(25-20)18-9-5-4-6-10-18/h4-11,14,16H,12-13,15H2,1-3H3,(H,24,26). The Morgan fingerprint density at radius 1 is 1.13 bits per heavy atom. The highest BCUT2D eigenvalue weighted by atomic mass is 16.6. The van der Waals surface area contributed by atoms with Crippen molar-refractivity contribution in [2.45, 2.75) is 32.9 Å². The topological polar surface area (TPSA) is 82.8 Å². The molecule has 1 aromatic heterocycles. The summed E-state index contributed by atoms with van der Waals surface area (Å²) in [7, 11) is 1.56. The molecule has 0 bridgehead atoms. The largest absolute Gasteiger partial charge is 0.493 e. The Kier molecular flexibility index (Phi) is 7.32. The number of methoxy groups -OCH3 is 1. The first-order valence-electron chi connectivity index (χ1n) is 9.80. The Morgan fingerprint density at radius 3 is 2.67 bits per heavy atom. The minimum Gasteiger partial charge on any atom is -0.493 e. The van der Waals surface area contributed by atoms with Gasteiger partial charge in [0.25, 0.3) is 0 Å². The van der Waals surface area contributed by atoms with Crippen molar-refractivity contribution in [1.82, 2.24) is 10.3 Å². The van der Waals surface area contributed by atoms with E-state index in [0.29, 0.717) is 42.9 Å². The van der Waals surface area contributed by atoms with Gasteiger partial charge in [0.1, 0.15) is 11.4 Å². The van der Waals surface area contributed by atoms with Gasteiger partial charge >= 0.3 is 12.0 Å². The van der Waals surface area contributed by atoms with Crippen LogP contribution in [0.2, 0.25) is 0 Å². The molecule has 3 aromatic rings. The van der Waals surface area contributed by atoms with E-state index in [9.17, 15) is 4.79 Å². The summed E-state index contributed by atoms with van der Waals surface area (Å²) in [6.07, 6.45) is -0.0674. The van der Waals surface area contributed by atoms with Crippen LogP contribution in [0.3, 0.4) is 0 Å². The van der Waals surface area contributed by atoms with Crippen LogP contribution in [-0.4, -0.2) is 30.9 Å². The molecule has 7 nitrogen and oxygen atoms in total. The molecule has 0 saturated heterocycles. The Hall–Kier alpha value is -3.48. The monoisotopic (exact) mass is 410 g/mol. The molecule has 0 aliphatic rings. The minimum atomic E-state index is -0.441. The second kappa shape index (κ2) is 10.3. The molecule has 0 unspecified atom stereocenters. The van der Waals surface area contributed by atoms with Gasteiger partial charge in [-0.2, -0.15) is 0 Å². The number of hydrogen-bond donors (Lipinski definition) is 1. The lowest BCUT2D eigenvalue weighted by atomic mass is 10.2. The van der Waals surface area contributed by atoms with Crippen molar-refractivity contribution in [3.8, 4) is 23.1 Å². The number of oxazole rings is 1. The first-order chi connectivity index (χ1) is 14.5. The molecule has 0 aliphatic carbocycles. The highest BCUT2D eigenvalue weighted by Gasteiger charge is 2.15. The van der Waals surface area contributed by atoms with Crippen LogP contribution in [0, 0.1) is 0 Å². The molecule has 0 aliphatic heterocycles. The molecular formula is C23H26N2O5. The second-order valence-electron chi connectivity index (χ2n) is 6.88. The van der Waals surface area contributed by atoms with E-state index in [1.54, 1.807) is 21.0 Å². The molecule has 1 amide bonds. The summed E-state index contributed by atoms with van der Waals surface area (Å²) in [6, 6.07) is 17.2. The number of alkyl carbamates (subject to hydrolysis) is 1. The van der Waals surface area contributed by atoms with Gasteiger partial charge in [-0.05, 0) is 43.7 Å². The minimum absolute atomic E-state index is 0.157. The molecule has 0 saturated carbocycles. The molecule has 7 heteroatoms. The molecule has 158 valence electrons. The van der Waals surface area contributed by atoms with Crippen molar-refractivity contribution < 1.29 is 23.4 Å². The number of carbonyl (C=O) groups is 1. The van der Waals surface area contributed by atoms with Gasteiger partial charge in [0.2, 0.25) is 5.89 Å². The number of nitrogens with one attached hydrogen (secondary N) is 1. The zero-order valence-corrected chi connectivity index (χ0v) is 17.4. The fourth-order valence-corrected chi connectivity index (χ4v) is 2.80. The highest BCUT2D eigenvalue weighted by molar-refractivity contribution is 5.67. The predicted octanol–water partition coefficient (Wildman–Crippen LogP) is 4.61. The van der Waals surface area contributed by atoms with E-state index >= 15 is 0 Å². The maximum atomic E-state index is 11.6. The summed E-state index contributed by atoms with van der Waals surface area (Å²) in [4.78, 5) is 16.2. The molecule has 0 radical (unpaired) electrons. The van der Waals surface area contributed by atoms with Gasteiger partial charge < -0.3 is 23.9 Å². The van der Waals surface area contributed by atoms with Crippen molar-refractivity contribution in [2.24, 2.45) is 0 Å². The normalized spacial score (nSPS) is 10.7. The van der Waals surface area contributed by atoms with Crippen molar-refractivity contribution in [3.63, 3.8) is 0 Å². The molecule has 0 atom stereocenters. The van der Waals surface area contributed by atoms with Gasteiger partial charge in [0.05, 0.1) is 19.8 Å². The third-order valence-electron chi connectivity index (χ3n) is 4.15. The summed E-state index contributed by atoms with van der Waals surface area (Å²) in [6.45, 7) is 4.38. The molecule has 1 heterocycles. The Balaban J connectivity index is 1.55. The number of nitrogens with zero attached hydrogens (tertiary/aromatic N) is 1. The van der Waals surface area contributed by atoms with Crippen molar-refractivity contribution >= 4 is 6.09 Å². The number of carbonyl (C=O) groups excluding carboxylic acids is 1. The maximum absolute atomic E-state index is 11.6. The third kappa shape index (κ3) is 6.01. The molecule has 1 N–H and O–H groups in total. The Labute approximate surface area is 176 Å². The van der Waals surface area contributed by atoms with Crippen LogP contribution < -0.4 is 14.8 Å². The Morgan fingerprint density at radius 2 is 1.93 bits per heavy atom. The fourth-order valence-electron chi connectivity index (χ4n) is 2.80. The highest BCUT2D eigenvalue weighted by Crippen LogP contribution is 2.27. The number of aromatic nitrogens is 1. The van der Waals surface area contributed by atoms with Crippen molar-refractivity contribution in [3.05, 3.63) is 65.9 Å². The van der Waals surface area contributed by atoms with Gasteiger partial charge in [-0.3, -0.25) is 0 Å². The van der Waals surface area contributed by atoms with Crippen molar-refractivity contribution in [1.29, 1.82) is 0 Å². The van der Waals surface area contributed by atoms with Gasteiger partial charge in [-0.25, -0.2) is 9.78 Å². The second-order valence-corrected chi connectivity index (χ2v) is 6.88. The zero-order valence-electron chi connectivity index (χ0n) is 17.4. The van der Waals surface area contributed by atoms with E-state index in [0.717, 1.165) is 11.1 Å². The van der Waals surface area contributed by atoms with Crippen LogP contribution in [-0.2, 0) is 17.7 Å². The summed E-state index contributed by atoms with van der Waals surface area (Å²) in [5.74, 6) is 1.61. The van der Waals surface area contributed by atoms with Gasteiger partial charge in [0.15, 0.2) is 0 Å². The average Bonchev–Trinajstić information content (AvgIpc) is 3.16. The number of ether oxygens (including phenoxy) is 3. The smallest absolute Gasteiger partial charge is 0.407 e. The van der Waals surface area contributed by atoms with E-state index in [2.05, 4.69) is 10.3 Å². The summed E-state index contributed by atoms with van der Waals surface area (Å²) < 4.78 is 21.9. The lowest BCUT2D eigenvalue weighted by molar-refractivity contribution is 0.115. The van der Waals surface area contributed by atoms with Crippen LogP contribution in [0.5, 0.6) is 11.7 Å². The first kappa shape index (κ1) is 21.2. The molecule has 0 fully saturated rings. The van der Waals surface area contributed by atoms with Gasteiger partial charge in [0, 0.05) is 18.5 Å². The van der Waals surface area contributed by atoms with Crippen LogP contribution in [0.1, 0.15) is 25.1 Å². The van der Waals surface area contributed by atoms with Gasteiger partial charge in [-0.15, -0.1) is 0 Å². The zero-order chi connectivity index (χ0) is 21.3. The number of rotatable bonds is 9. The molecular weight excluding hydrogens is 384 g/mol. The maximum Gasteiger partial charge on any atom is 0.407 e.